The summed E-state index contributed by atoms with van der Waals surface area (Å²) >= 11 is 0. The summed E-state index contributed by atoms with van der Waals surface area (Å²) in [6, 6.07) is 0.494. The molecule has 2 N–H and O–H groups in total. The Morgan fingerprint density at radius 2 is 1.90 bits per heavy atom. The van der Waals surface area contributed by atoms with E-state index in [9.17, 15) is 0 Å². The predicted molar refractivity (Wildman–Crippen MR) is 136 cm³/mol. The fraction of sp³-hybridized carbons (Fsp3) is 0.818. The molecular weight excluding hydrogens is 491 g/mol. The molecule has 8 heteroatoms. The van der Waals surface area contributed by atoms with Crippen LogP contribution in [0.3, 0.4) is 0 Å². The van der Waals surface area contributed by atoms with E-state index in [2.05, 4.69) is 59.0 Å². The topological polar surface area (TPSA) is 66.7 Å². The molecule has 0 aromatic carbocycles. The summed E-state index contributed by atoms with van der Waals surface area (Å²) in [7, 11) is 0. The van der Waals surface area contributed by atoms with E-state index in [1.165, 1.54) is 12.8 Å². The second-order valence-electron chi connectivity index (χ2n) is 7.81. The lowest BCUT2D eigenvalue weighted by Gasteiger charge is -2.38. The number of guanidine groups is 1. The number of hydrogen-bond acceptors (Lipinski definition) is 4. The lowest BCUT2D eigenvalue weighted by molar-refractivity contribution is 0.00395. The summed E-state index contributed by atoms with van der Waals surface area (Å²) in [5, 5.41) is 6.93. The fourth-order valence-corrected chi connectivity index (χ4v) is 4.09. The van der Waals surface area contributed by atoms with E-state index in [0.717, 1.165) is 77.1 Å². The third-order valence-corrected chi connectivity index (χ3v) is 5.93. The minimum atomic E-state index is 0. The number of ether oxygens (including phenoxy) is 1. The number of rotatable bonds is 12. The Morgan fingerprint density at radius 3 is 2.50 bits per heavy atom. The van der Waals surface area contributed by atoms with Crippen molar-refractivity contribution in [3.63, 3.8) is 0 Å². The Bertz CT molecular complexity index is 584. The van der Waals surface area contributed by atoms with E-state index in [1.807, 2.05) is 6.20 Å². The predicted octanol–water partition coefficient (Wildman–Crippen LogP) is 3.28. The van der Waals surface area contributed by atoms with Gasteiger partial charge in [0, 0.05) is 51.2 Å². The number of hydrogen-bond donors (Lipinski definition) is 2. The molecule has 1 unspecified atom stereocenters. The first-order valence-corrected chi connectivity index (χ1v) is 11.5. The van der Waals surface area contributed by atoms with Crippen LogP contribution in [0.15, 0.2) is 17.4 Å². The van der Waals surface area contributed by atoms with Crippen LogP contribution >= 0.6 is 24.0 Å². The van der Waals surface area contributed by atoms with Crippen LogP contribution in [-0.4, -0.2) is 72.4 Å². The van der Waals surface area contributed by atoms with Crippen molar-refractivity contribution in [2.24, 2.45) is 10.9 Å². The van der Waals surface area contributed by atoms with Gasteiger partial charge in [0.2, 0.25) is 0 Å². The van der Waals surface area contributed by atoms with Crippen LogP contribution in [0.4, 0.5) is 0 Å². The van der Waals surface area contributed by atoms with Gasteiger partial charge in [-0.3, -0.25) is 9.89 Å². The first kappa shape index (κ1) is 27.2. The van der Waals surface area contributed by atoms with Gasteiger partial charge < -0.3 is 19.9 Å². The van der Waals surface area contributed by atoms with Crippen molar-refractivity contribution >= 4 is 29.9 Å². The van der Waals surface area contributed by atoms with E-state index in [1.54, 1.807) is 0 Å². The first-order valence-electron chi connectivity index (χ1n) is 11.5. The highest BCUT2D eigenvalue weighted by molar-refractivity contribution is 14.0. The smallest absolute Gasteiger partial charge is 0.191 e. The molecule has 0 aliphatic carbocycles. The van der Waals surface area contributed by atoms with Crippen LogP contribution in [0.25, 0.3) is 0 Å². The molecule has 1 aromatic rings. The molecule has 174 valence electrons. The van der Waals surface area contributed by atoms with Gasteiger partial charge in [0.1, 0.15) is 5.82 Å². The van der Waals surface area contributed by atoms with Crippen molar-refractivity contribution in [3.05, 3.63) is 18.2 Å². The van der Waals surface area contributed by atoms with Gasteiger partial charge in [0.05, 0.1) is 19.8 Å². The van der Waals surface area contributed by atoms with Gasteiger partial charge in [-0.2, -0.15) is 0 Å². The molecule has 1 aliphatic rings. The van der Waals surface area contributed by atoms with Gasteiger partial charge >= 0.3 is 0 Å². The highest BCUT2D eigenvalue weighted by Gasteiger charge is 2.26. The molecule has 30 heavy (non-hydrogen) atoms. The van der Waals surface area contributed by atoms with E-state index >= 15 is 0 Å². The van der Waals surface area contributed by atoms with Crippen molar-refractivity contribution < 1.29 is 4.74 Å². The van der Waals surface area contributed by atoms with E-state index < -0.39 is 0 Å². The van der Waals surface area contributed by atoms with Gasteiger partial charge in [-0.05, 0) is 32.6 Å². The first-order chi connectivity index (χ1) is 14.2. The zero-order valence-electron chi connectivity index (χ0n) is 19.4. The molecule has 1 fully saturated rings. The third kappa shape index (κ3) is 9.09. The maximum atomic E-state index is 5.56. The Morgan fingerprint density at radius 1 is 1.17 bits per heavy atom. The third-order valence-electron chi connectivity index (χ3n) is 5.93. The van der Waals surface area contributed by atoms with Crippen LogP contribution in [0.1, 0.15) is 52.3 Å². The summed E-state index contributed by atoms with van der Waals surface area (Å²) in [5.41, 5.74) is 0. The molecular formula is C22H43IN6O. The number of aryl methyl sites for hydroxylation is 2. The van der Waals surface area contributed by atoms with Crippen LogP contribution in [0.2, 0.25) is 0 Å². The monoisotopic (exact) mass is 534 g/mol. The number of aromatic nitrogens is 2. The fourth-order valence-electron chi connectivity index (χ4n) is 4.09. The van der Waals surface area contributed by atoms with Gasteiger partial charge in [-0.25, -0.2) is 4.98 Å². The zero-order valence-corrected chi connectivity index (χ0v) is 21.7. The molecule has 0 amide bonds. The van der Waals surface area contributed by atoms with Gasteiger partial charge in [-0.15, -0.1) is 24.0 Å². The van der Waals surface area contributed by atoms with Crippen LogP contribution in [-0.2, 0) is 11.3 Å². The summed E-state index contributed by atoms with van der Waals surface area (Å²) in [5.74, 6) is 2.71. The SMILES string of the molecule is CCNC(=NCC(C(CC)CC)N1CCOCC1)NCCCCn1ccnc1C.I. The number of aliphatic imine (C=N–C) groups is 1. The Labute approximate surface area is 200 Å². The van der Waals surface area contributed by atoms with Crippen LogP contribution < -0.4 is 10.6 Å². The molecule has 1 atom stereocenters. The quantitative estimate of drug-likeness (QED) is 0.187. The molecule has 7 nitrogen and oxygen atoms in total. The molecule has 1 aromatic heterocycles. The number of morpholine rings is 1. The zero-order chi connectivity index (χ0) is 20.9. The molecule has 1 aliphatic heterocycles. The summed E-state index contributed by atoms with van der Waals surface area (Å²) in [6.07, 6.45) is 8.57. The van der Waals surface area contributed by atoms with Crippen molar-refractivity contribution in [1.29, 1.82) is 0 Å². The second kappa shape index (κ2) is 15.9. The summed E-state index contributed by atoms with van der Waals surface area (Å²) in [4.78, 5) is 11.8. The number of imidazole rings is 1. The molecule has 0 spiro atoms. The van der Waals surface area contributed by atoms with Crippen molar-refractivity contribution in [2.75, 3.05) is 45.9 Å². The molecule has 2 heterocycles. The lowest BCUT2D eigenvalue weighted by atomic mass is 9.92. The maximum absolute atomic E-state index is 5.56. The summed E-state index contributed by atoms with van der Waals surface area (Å²) < 4.78 is 7.77. The normalized spacial score (nSPS) is 16.4. The average Bonchev–Trinajstić information content (AvgIpc) is 3.16. The minimum absolute atomic E-state index is 0. The lowest BCUT2D eigenvalue weighted by Crippen LogP contribution is -2.49. The molecule has 0 bridgehead atoms. The number of unbranched alkanes of at least 4 members (excludes halogenated alkanes) is 1. The minimum Gasteiger partial charge on any atom is -0.379 e. The number of halogens is 1. The molecule has 0 radical (unpaired) electrons. The van der Waals surface area contributed by atoms with Crippen LogP contribution in [0.5, 0.6) is 0 Å². The Hall–Kier alpha value is -0.870. The second-order valence-corrected chi connectivity index (χ2v) is 7.81. The van der Waals surface area contributed by atoms with Crippen LogP contribution in [0, 0.1) is 12.8 Å². The highest BCUT2D eigenvalue weighted by Crippen LogP contribution is 2.20. The van der Waals surface area contributed by atoms with E-state index in [4.69, 9.17) is 9.73 Å². The summed E-state index contributed by atoms with van der Waals surface area (Å²) in [6.45, 7) is 16.2. The number of nitrogens with one attached hydrogen (secondary N) is 2. The van der Waals surface area contributed by atoms with E-state index in [-0.39, 0.29) is 24.0 Å². The van der Waals surface area contributed by atoms with Gasteiger partial charge in [-0.1, -0.05) is 26.7 Å². The maximum Gasteiger partial charge on any atom is 0.191 e. The van der Waals surface area contributed by atoms with Gasteiger partial charge in [0.25, 0.3) is 0 Å². The van der Waals surface area contributed by atoms with Crippen molar-refractivity contribution in [1.82, 2.24) is 25.1 Å². The van der Waals surface area contributed by atoms with Gasteiger partial charge in [0.15, 0.2) is 5.96 Å². The molecule has 1 saturated heterocycles. The largest absolute Gasteiger partial charge is 0.379 e. The number of nitrogens with zero attached hydrogens (tertiary/aromatic N) is 4. The standard InChI is InChI=1S/C22H42N6O.HI/c1-5-20(6-2)21(28-14-16-29-17-15-28)18-26-22(23-7-3)25-10-8-9-12-27-13-11-24-19(27)4;/h11,13,20-21H,5-10,12,14-18H2,1-4H3,(H2,23,25,26);1H. The van der Waals surface area contributed by atoms with Crippen molar-refractivity contribution in [3.8, 4) is 0 Å². The molecule has 2 rings (SSSR count). The Balaban J connectivity index is 0.00000450. The molecule has 0 saturated carbocycles. The van der Waals surface area contributed by atoms with E-state index in [0.29, 0.717) is 12.0 Å². The average molecular weight is 535 g/mol. The Kier molecular flexibility index (Phi) is 14.4. The highest BCUT2D eigenvalue weighted by atomic mass is 127. The van der Waals surface area contributed by atoms with Crippen molar-refractivity contribution in [2.45, 2.75) is 66.0 Å².